The van der Waals surface area contributed by atoms with Gasteiger partial charge in [-0.3, -0.25) is 25.0 Å². The number of esters is 2. The van der Waals surface area contributed by atoms with E-state index in [1.165, 1.54) is 60.4 Å². The second kappa shape index (κ2) is 15.4. The Bertz CT molecular complexity index is 1300. The summed E-state index contributed by atoms with van der Waals surface area (Å²) in [4.78, 5) is 61.5. The van der Waals surface area contributed by atoms with E-state index in [9.17, 15) is 34.6 Å². The fourth-order valence-corrected chi connectivity index (χ4v) is 4.67. The molecule has 1 atom stereocenters. The van der Waals surface area contributed by atoms with Crippen LogP contribution in [0.3, 0.4) is 0 Å². The zero-order chi connectivity index (χ0) is 31.5. The average molecular weight is 598 g/mol. The summed E-state index contributed by atoms with van der Waals surface area (Å²) in [6.07, 6.45) is -0.135. The van der Waals surface area contributed by atoms with Gasteiger partial charge < -0.3 is 19.1 Å². The molecule has 13 nitrogen and oxygen atoms in total. The Morgan fingerprint density at radius 2 is 1.49 bits per heavy atom. The molecule has 230 valence electrons. The number of hydrogen-bond donors (Lipinski definition) is 0. The van der Waals surface area contributed by atoms with Gasteiger partial charge in [0.2, 0.25) is 0 Å². The van der Waals surface area contributed by atoms with Crippen molar-refractivity contribution in [1.29, 1.82) is 0 Å². The van der Waals surface area contributed by atoms with Gasteiger partial charge in [-0.2, -0.15) is 0 Å². The average Bonchev–Trinajstić information content (AvgIpc) is 3.00. The molecule has 0 aromatic heterocycles. The summed E-state index contributed by atoms with van der Waals surface area (Å²) in [5, 5.41) is 23.5. The molecule has 1 heterocycles. The molecule has 0 spiro atoms. The van der Waals surface area contributed by atoms with Crippen LogP contribution in [0.2, 0.25) is 0 Å². The number of ether oxygens (including phenoxy) is 3. The Balaban J connectivity index is 1.68. The maximum atomic E-state index is 13.3. The molecular weight excluding hydrogens is 562 g/mol. The van der Waals surface area contributed by atoms with Crippen LogP contribution >= 0.6 is 0 Å². The molecule has 2 aromatic carbocycles. The maximum absolute atomic E-state index is 13.3. The monoisotopic (exact) mass is 597 g/mol. The van der Waals surface area contributed by atoms with Crippen LogP contribution in [0.4, 0.5) is 16.2 Å². The highest BCUT2D eigenvalue weighted by Crippen LogP contribution is 2.37. The van der Waals surface area contributed by atoms with Crippen LogP contribution in [0.5, 0.6) is 0 Å². The van der Waals surface area contributed by atoms with Gasteiger partial charge in [0, 0.05) is 30.8 Å². The first-order valence-corrected chi connectivity index (χ1v) is 14.0. The lowest BCUT2D eigenvalue weighted by atomic mass is 9.97. The van der Waals surface area contributed by atoms with Gasteiger partial charge in [0.15, 0.2) is 6.10 Å². The number of nitro groups is 2. The van der Waals surface area contributed by atoms with Crippen LogP contribution in [-0.2, 0) is 23.8 Å². The lowest BCUT2D eigenvalue weighted by Gasteiger charge is -2.31. The second-order valence-electron chi connectivity index (χ2n) is 10.2. The lowest BCUT2D eigenvalue weighted by Crippen LogP contribution is -2.41. The molecule has 0 saturated carbocycles. The van der Waals surface area contributed by atoms with Gasteiger partial charge in [-0.05, 0) is 44.7 Å². The Morgan fingerprint density at radius 1 is 0.953 bits per heavy atom. The number of amides is 1. The first-order chi connectivity index (χ1) is 20.5. The number of benzene rings is 2. The molecule has 1 amide bonds. The third-order valence-electron chi connectivity index (χ3n) is 7.05. The Kier molecular flexibility index (Phi) is 11.7. The van der Waals surface area contributed by atoms with E-state index in [2.05, 4.69) is 6.58 Å². The molecule has 0 N–H and O–H groups in total. The van der Waals surface area contributed by atoms with Crippen LogP contribution in [0.1, 0.15) is 63.2 Å². The van der Waals surface area contributed by atoms with E-state index in [0.29, 0.717) is 6.42 Å². The van der Waals surface area contributed by atoms with Crippen LogP contribution in [0.15, 0.2) is 60.7 Å². The lowest BCUT2D eigenvalue weighted by molar-refractivity contribution is -0.387. The van der Waals surface area contributed by atoms with Crippen LogP contribution < -0.4 is 0 Å². The summed E-state index contributed by atoms with van der Waals surface area (Å²) in [5.41, 5.74) is -0.493. The van der Waals surface area contributed by atoms with Gasteiger partial charge in [0.1, 0.15) is 12.7 Å². The smallest absolute Gasteiger partial charge is 0.410 e. The van der Waals surface area contributed by atoms with Crippen molar-refractivity contribution in [3.8, 4) is 0 Å². The highest BCUT2D eigenvalue weighted by Gasteiger charge is 2.35. The largest absolute Gasteiger partial charge is 0.462 e. The fourth-order valence-electron chi connectivity index (χ4n) is 4.67. The standard InChI is InChI=1S/C30H35N3O10/c1-4-5-10-22(42-28(34)20(2)3)19-41-29(35)21-15-17-31(18-16-21)30(36)43-27(23-11-6-8-13-25(23)32(37)38)24-12-7-9-14-26(24)33(39)40/h6-9,11-14,21-22,27H,2,4-5,10,15-19H2,1,3H3. The molecule has 0 bridgehead atoms. The zero-order valence-corrected chi connectivity index (χ0v) is 24.1. The van der Waals surface area contributed by atoms with Crippen molar-refractivity contribution in [2.45, 2.75) is 58.2 Å². The molecule has 43 heavy (non-hydrogen) atoms. The Labute approximate surface area is 248 Å². The summed E-state index contributed by atoms with van der Waals surface area (Å²) in [5.74, 6) is -1.53. The maximum Gasteiger partial charge on any atom is 0.410 e. The summed E-state index contributed by atoms with van der Waals surface area (Å²) in [6, 6.07) is 11.2. The van der Waals surface area contributed by atoms with Crippen LogP contribution in [0, 0.1) is 26.1 Å². The molecule has 0 radical (unpaired) electrons. The molecular formula is C30H35N3O10. The normalized spacial score (nSPS) is 14.1. The number of rotatable bonds is 13. The molecule has 2 aromatic rings. The summed E-state index contributed by atoms with van der Waals surface area (Å²) >= 11 is 0. The number of hydrogen-bond acceptors (Lipinski definition) is 10. The predicted molar refractivity (Wildman–Crippen MR) is 154 cm³/mol. The van der Waals surface area contributed by atoms with Crippen molar-refractivity contribution in [1.82, 2.24) is 4.90 Å². The van der Waals surface area contributed by atoms with Gasteiger partial charge in [-0.25, -0.2) is 9.59 Å². The zero-order valence-electron chi connectivity index (χ0n) is 24.1. The number of nitro benzene ring substituents is 2. The third kappa shape index (κ3) is 8.84. The van der Waals surface area contributed by atoms with E-state index < -0.39 is 46.0 Å². The van der Waals surface area contributed by atoms with Gasteiger partial charge in [0.25, 0.3) is 11.4 Å². The van der Waals surface area contributed by atoms with Gasteiger partial charge in [0.05, 0.1) is 26.9 Å². The summed E-state index contributed by atoms with van der Waals surface area (Å²) < 4.78 is 16.6. The molecule has 1 fully saturated rings. The second-order valence-corrected chi connectivity index (χ2v) is 10.2. The minimum atomic E-state index is -1.43. The third-order valence-corrected chi connectivity index (χ3v) is 7.05. The summed E-state index contributed by atoms with van der Waals surface area (Å²) in [7, 11) is 0. The van der Waals surface area contributed by atoms with Gasteiger partial charge in [-0.1, -0.05) is 44.2 Å². The van der Waals surface area contributed by atoms with Crippen LogP contribution in [0.25, 0.3) is 0 Å². The molecule has 1 saturated heterocycles. The summed E-state index contributed by atoms with van der Waals surface area (Å²) in [6.45, 7) is 7.27. The topological polar surface area (TPSA) is 168 Å². The fraction of sp³-hybridized carbons (Fsp3) is 0.433. The number of carbonyl (C=O) groups excluding carboxylic acids is 3. The molecule has 1 unspecified atom stereocenters. The number of nitrogens with zero attached hydrogens (tertiary/aromatic N) is 3. The minimum Gasteiger partial charge on any atom is -0.462 e. The van der Waals surface area contributed by atoms with E-state index >= 15 is 0 Å². The SMILES string of the molecule is C=C(C)C(=O)OC(CCCC)COC(=O)C1CCN(C(=O)OC(c2ccccc2[N+](=O)[O-])c2ccccc2[N+](=O)[O-])CC1. The quantitative estimate of drug-likeness (QED) is 0.0923. The van der Waals surface area contributed by atoms with E-state index in [1.54, 1.807) is 0 Å². The van der Waals surface area contributed by atoms with E-state index in [-0.39, 0.29) is 60.6 Å². The molecule has 0 aliphatic carbocycles. The first kappa shape index (κ1) is 32.7. The van der Waals surface area contributed by atoms with E-state index in [1.807, 2.05) is 6.92 Å². The number of carbonyl (C=O) groups is 3. The Morgan fingerprint density at radius 3 is 1.98 bits per heavy atom. The van der Waals surface area contributed by atoms with E-state index in [4.69, 9.17) is 14.2 Å². The molecule has 1 aliphatic heterocycles. The van der Waals surface area contributed by atoms with Crippen LogP contribution in [-0.4, -0.2) is 58.6 Å². The highest BCUT2D eigenvalue weighted by molar-refractivity contribution is 5.87. The van der Waals surface area contributed by atoms with Gasteiger partial charge >= 0.3 is 18.0 Å². The van der Waals surface area contributed by atoms with Crippen molar-refractivity contribution >= 4 is 29.4 Å². The number of likely N-dealkylation sites (tertiary alicyclic amines) is 1. The predicted octanol–water partition coefficient (Wildman–Crippen LogP) is 5.66. The number of unbranched alkanes of at least 4 members (excludes halogenated alkanes) is 1. The first-order valence-electron chi connectivity index (χ1n) is 14.0. The van der Waals surface area contributed by atoms with Crippen molar-refractivity contribution in [2.75, 3.05) is 19.7 Å². The number of piperidine rings is 1. The number of para-hydroxylation sites is 2. The van der Waals surface area contributed by atoms with Crippen molar-refractivity contribution in [3.05, 3.63) is 92.0 Å². The highest BCUT2D eigenvalue weighted by atomic mass is 16.6. The van der Waals surface area contributed by atoms with E-state index in [0.717, 1.165) is 12.8 Å². The Hall–Kier alpha value is -4.81. The van der Waals surface area contributed by atoms with Crippen molar-refractivity contribution in [2.24, 2.45) is 5.92 Å². The molecule has 13 heteroatoms. The van der Waals surface area contributed by atoms with Gasteiger partial charge in [-0.15, -0.1) is 0 Å². The van der Waals surface area contributed by atoms with Crippen molar-refractivity contribution < 1.29 is 38.4 Å². The molecule has 1 aliphatic rings. The minimum absolute atomic E-state index is 0.0152. The molecule has 3 rings (SSSR count). The van der Waals surface area contributed by atoms with Crippen molar-refractivity contribution in [3.63, 3.8) is 0 Å².